The van der Waals surface area contributed by atoms with Gasteiger partial charge in [-0.3, -0.25) is 0 Å². The van der Waals surface area contributed by atoms with Crippen molar-refractivity contribution in [1.29, 1.82) is 0 Å². The summed E-state index contributed by atoms with van der Waals surface area (Å²) in [6.07, 6.45) is 10.9. The largest absolute Gasteiger partial charge is 0.351 e. The molecule has 0 radical (unpaired) electrons. The first kappa shape index (κ1) is 18.7. The van der Waals surface area contributed by atoms with Gasteiger partial charge in [0.25, 0.3) is 0 Å². The highest BCUT2D eigenvalue weighted by Crippen LogP contribution is 2.42. The lowest BCUT2D eigenvalue weighted by Gasteiger charge is -2.35. The molecule has 2 fully saturated rings. The molecule has 0 bridgehead atoms. The van der Waals surface area contributed by atoms with Crippen LogP contribution in [-0.4, -0.2) is 39.6 Å². The van der Waals surface area contributed by atoms with Gasteiger partial charge in [0.1, 0.15) is 0 Å². The molecule has 6 heteroatoms. The number of unbranched alkanes of at least 4 members (excludes halogenated alkanes) is 2. The average molecular weight is 373 g/mol. The van der Waals surface area contributed by atoms with Crippen LogP contribution in [0.15, 0.2) is 18.3 Å². The Morgan fingerprint density at radius 3 is 2.74 bits per heavy atom. The van der Waals surface area contributed by atoms with E-state index < -0.39 is 0 Å². The van der Waals surface area contributed by atoms with Crippen LogP contribution in [0.25, 0.3) is 5.52 Å². The summed E-state index contributed by atoms with van der Waals surface area (Å²) in [5, 5.41) is 8.27. The zero-order chi connectivity index (χ0) is 18.7. The summed E-state index contributed by atoms with van der Waals surface area (Å²) in [4.78, 5) is 4.51. The van der Waals surface area contributed by atoms with E-state index in [4.69, 9.17) is 14.6 Å². The molecule has 2 aromatic heterocycles. The standard InChI is InChI=1S/C21H32N4O2/c1-3-4-5-6-16(2)23-20-22-15-18-7-8-19(25(18)24-20)17-9-11-21(12-10-17)26-13-14-27-21/h7-8,15-17H,3-6,9-14H2,1-2H3,(H,23,24)/t16-/m0/s1. The maximum absolute atomic E-state index is 5.87. The summed E-state index contributed by atoms with van der Waals surface area (Å²) in [5.74, 6) is 0.911. The number of aromatic nitrogens is 3. The average Bonchev–Trinajstić information content (AvgIpc) is 3.30. The van der Waals surface area contributed by atoms with Crippen molar-refractivity contribution in [3.63, 3.8) is 0 Å². The maximum Gasteiger partial charge on any atom is 0.241 e. The molecule has 148 valence electrons. The smallest absolute Gasteiger partial charge is 0.241 e. The molecule has 2 aliphatic rings. The Hall–Kier alpha value is -1.66. The van der Waals surface area contributed by atoms with Gasteiger partial charge in [-0.25, -0.2) is 9.50 Å². The fourth-order valence-corrected chi connectivity index (χ4v) is 4.43. The van der Waals surface area contributed by atoms with E-state index in [1.165, 1.54) is 25.0 Å². The van der Waals surface area contributed by atoms with Crippen LogP contribution in [0.2, 0.25) is 0 Å². The third-order valence-corrected chi connectivity index (χ3v) is 6.02. The van der Waals surface area contributed by atoms with Gasteiger partial charge < -0.3 is 14.8 Å². The highest BCUT2D eigenvalue weighted by molar-refractivity contribution is 5.48. The quantitative estimate of drug-likeness (QED) is 0.725. The molecule has 1 saturated carbocycles. The fourth-order valence-electron chi connectivity index (χ4n) is 4.43. The van der Waals surface area contributed by atoms with E-state index in [1.54, 1.807) is 0 Å². The number of rotatable bonds is 7. The monoisotopic (exact) mass is 372 g/mol. The van der Waals surface area contributed by atoms with E-state index in [0.29, 0.717) is 12.0 Å². The molecule has 1 N–H and O–H groups in total. The van der Waals surface area contributed by atoms with Gasteiger partial charge in [-0.05, 0) is 38.3 Å². The second kappa shape index (κ2) is 8.15. The molecule has 1 aliphatic carbocycles. The number of nitrogens with one attached hydrogen (secondary N) is 1. The molecule has 0 amide bonds. The molecule has 4 rings (SSSR count). The van der Waals surface area contributed by atoms with Crippen molar-refractivity contribution in [3.05, 3.63) is 24.0 Å². The number of anilines is 1. The van der Waals surface area contributed by atoms with Gasteiger partial charge >= 0.3 is 0 Å². The summed E-state index contributed by atoms with van der Waals surface area (Å²) in [7, 11) is 0. The lowest BCUT2D eigenvalue weighted by atomic mass is 9.83. The first-order chi connectivity index (χ1) is 13.2. The first-order valence-corrected chi connectivity index (χ1v) is 10.6. The minimum Gasteiger partial charge on any atom is -0.351 e. The van der Waals surface area contributed by atoms with E-state index in [9.17, 15) is 0 Å². The molecule has 1 spiro atoms. The third kappa shape index (κ3) is 4.11. The van der Waals surface area contributed by atoms with Crippen molar-refractivity contribution >= 4 is 11.5 Å². The van der Waals surface area contributed by atoms with E-state index >= 15 is 0 Å². The summed E-state index contributed by atoms with van der Waals surface area (Å²) in [6, 6.07) is 4.72. The van der Waals surface area contributed by atoms with Gasteiger partial charge in [-0.1, -0.05) is 26.2 Å². The second-order valence-electron chi connectivity index (χ2n) is 8.10. The molecule has 0 unspecified atom stereocenters. The maximum atomic E-state index is 5.87. The zero-order valence-corrected chi connectivity index (χ0v) is 16.6. The summed E-state index contributed by atoms with van der Waals surface area (Å²) >= 11 is 0. The number of hydrogen-bond acceptors (Lipinski definition) is 5. The van der Waals surface area contributed by atoms with Crippen LogP contribution < -0.4 is 5.32 Å². The van der Waals surface area contributed by atoms with Crippen molar-refractivity contribution in [2.45, 2.75) is 83.0 Å². The van der Waals surface area contributed by atoms with Gasteiger partial charge in [0, 0.05) is 30.5 Å². The Bertz CT molecular complexity index is 744. The Labute approximate surface area is 161 Å². The van der Waals surface area contributed by atoms with E-state index in [1.807, 2.05) is 6.20 Å². The number of ether oxygens (including phenoxy) is 2. The van der Waals surface area contributed by atoms with Crippen molar-refractivity contribution in [2.75, 3.05) is 18.5 Å². The van der Waals surface area contributed by atoms with Crippen LogP contribution in [0.1, 0.15) is 76.8 Å². The Balaban J connectivity index is 1.44. The topological polar surface area (TPSA) is 60.7 Å². The molecular weight excluding hydrogens is 340 g/mol. The van der Waals surface area contributed by atoms with Crippen LogP contribution in [0.3, 0.4) is 0 Å². The Morgan fingerprint density at radius 2 is 2.00 bits per heavy atom. The molecule has 2 aromatic rings. The Kier molecular flexibility index (Phi) is 5.64. The van der Waals surface area contributed by atoms with Crippen LogP contribution in [0.4, 0.5) is 5.95 Å². The van der Waals surface area contributed by atoms with Crippen molar-refractivity contribution in [3.8, 4) is 0 Å². The van der Waals surface area contributed by atoms with E-state index in [2.05, 4.69) is 40.8 Å². The molecule has 0 aromatic carbocycles. The van der Waals surface area contributed by atoms with Crippen LogP contribution in [0, 0.1) is 0 Å². The normalized spacial score (nSPS) is 21.1. The third-order valence-electron chi connectivity index (χ3n) is 6.02. The summed E-state index contributed by atoms with van der Waals surface area (Å²) in [5.41, 5.74) is 2.34. The van der Waals surface area contributed by atoms with Crippen molar-refractivity contribution in [1.82, 2.24) is 14.6 Å². The number of nitrogens with zero attached hydrogens (tertiary/aromatic N) is 3. The SMILES string of the molecule is CCCCC[C@H](C)Nc1ncc2ccc(C3CCC4(CC3)OCCO4)n2n1. The molecule has 1 saturated heterocycles. The predicted molar refractivity (Wildman–Crippen MR) is 106 cm³/mol. The van der Waals surface area contributed by atoms with Crippen molar-refractivity contribution in [2.24, 2.45) is 0 Å². The highest BCUT2D eigenvalue weighted by Gasteiger charge is 2.41. The second-order valence-corrected chi connectivity index (χ2v) is 8.10. The van der Waals surface area contributed by atoms with Gasteiger partial charge in [0.05, 0.1) is 24.9 Å². The minimum atomic E-state index is -0.306. The molecule has 1 aliphatic heterocycles. The molecule has 6 nitrogen and oxygen atoms in total. The van der Waals surface area contributed by atoms with Gasteiger partial charge in [0.2, 0.25) is 5.95 Å². The number of fused-ring (bicyclic) bond motifs is 1. The van der Waals surface area contributed by atoms with Crippen LogP contribution in [0.5, 0.6) is 0 Å². The Morgan fingerprint density at radius 1 is 1.22 bits per heavy atom. The lowest BCUT2D eigenvalue weighted by Crippen LogP contribution is -2.34. The van der Waals surface area contributed by atoms with Gasteiger partial charge in [0.15, 0.2) is 5.79 Å². The molecular formula is C21H32N4O2. The molecule has 1 atom stereocenters. The minimum absolute atomic E-state index is 0.306. The molecule has 3 heterocycles. The highest BCUT2D eigenvalue weighted by atomic mass is 16.7. The van der Waals surface area contributed by atoms with Crippen LogP contribution in [-0.2, 0) is 9.47 Å². The number of hydrogen-bond donors (Lipinski definition) is 1. The van der Waals surface area contributed by atoms with E-state index in [-0.39, 0.29) is 5.79 Å². The lowest BCUT2D eigenvalue weighted by molar-refractivity contribution is -0.179. The van der Waals surface area contributed by atoms with Crippen molar-refractivity contribution < 1.29 is 9.47 Å². The predicted octanol–water partition coefficient (Wildman–Crippen LogP) is 4.51. The summed E-state index contributed by atoms with van der Waals surface area (Å²) < 4.78 is 13.8. The molecule has 27 heavy (non-hydrogen) atoms. The zero-order valence-electron chi connectivity index (χ0n) is 16.6. The van der Waals surface area contributed by atoms with Gasteiger partial charge in [-0.15, -0.1) is 5.10 Å². The first-order valence-electron chi connectivity index (χ1n) is 10.6. The van der Waals surface area contributed by atoms with E-state index in [0.717, 1.165) is 56.8 Å². The fraction of sp³-hybridized carbons (Fsp3) is 0.714. The van der Waals surface area contributed by atoms with Crippen LogP contribution >= 0.6 is 0 Å². The van der Waals surface area contributed by atoms with Gasteiger partial charge in [-0.2, -0.15) is 0 Å². The summed E-state index contributed by atoms with van der Waals surface area (Å²) in [6.45, 7) is 5.91.